The first kappa shape index (κ1) is 24.7. The normalized spacial score (nSPS) is 38.1. The summed E-state index contributed by atoms with van der Waals surface area (Å²) in [6, 6.07) is 0. The quantitative estimate of drug-likeness (QED) is 0.590. The van der Waals surface area contributed by atoms with Crippen molar-refractivity contribution in [1.29, 1.82) is 0 Å². The SMILES string of the molecule is CC(=O)C1CC(O[Si](C)(C)C(C)(C)C)C(O)([C@@]2(C)CCCC2(C)C)C(C(C)=O)C1. The number of carbonyl (C=O) groups is 2. The Morgan fingerprint density at radius 2 is 1.55 bits per heavy atom. The molecular weight excluding hydrogens is 380 g/mol. The van der Waals surface area contributed by atoms with Crippen LogP contribution in [0.3, 0.4) is 0 Å². The molecular formula is C24H44O4Si. The smallest absolute Gasteiger partial charge is 0.192 e. The van der Waals surface area contributed by atoms with Crippen LogP contribution in [0.25, 0.3) is 0 Å². The standard InChI is InChI=1S/C24H44O4Si/c1-16(25)18-14-19(17(2)26)24(27,23(8)13-11-12-22(23,6)7)20(15-18)28-29(9,10)21(3,4)5/h18-20,27H,11-15H2,1-10H3/t18?,19?,20?,23-,24?/m0/s1. The molecule has 5 atom stereocenters. The van der Waals surface area contributed by atoms with E-state index >= 15 is 0 Å². The average Bonchev–Trinajstić information content (AvgIpc) is 2.82. The van der Waals surface area contributed by atoms with E-state index in [1.165, 1.54) is 0 Å². The van der Waals surface area contributed by atoms with Crippen molar-refractivity contribution in [3.8, 4) is 0 Å². The summed E-state index contributed by atoms with van der Waals surface area (Å²) in [5.74, 6) is -0.724. The molecule has 2 aliphatic carbocycles. The molecule has 0 aromatic carbocycles. The zero-order valence-corrected chi connectivity index (χ0v) is 21.4. The van der Waals surface area contributed by atoms with Crippen molar-refractivity contribution in [1.82, 2.24) is 0 Å². The van der Waals surface area contributed by atoms with E-state index in [9.17, 15) is 14.7 Å². The highest BCUT2D eigenvalue weighted by Crippen LogP contribution is 2.64. The van der Waals surface area contributed by atoms with Gasteiger partial charge in [-0.1, -0.05) is 48.0 Å². The molecule has 4 nitrogen and oxygen atoms in total. The third-order valence-electron chi connectivity index (χ3n) is 9.21. The highest BCUT2D eigenvalue weighted by Gasteiger charge is 2.67. The van der Waals surface area contributed by atoms with E-state index in [4.69, 9.17) is 4.43 Å². The largest absolute Gasteiger partial charge is 0.411 e. The van der Waals surface area contributed by atoms with E-state index in [0.29, 0.717) is 12.8 Å². The molecule has 2 fully saturated rings. The van der Waals surface area contributed by atoms with Crippen molar-refractivity contribution in [3.63, 3.8) is 0 Å². The highest BCUT2D eigenvalue weighted by atomic mass is 28.4. The van der Waals surface area contributed by atoms with Crippen molar-refractivity contribution >= 4 is 19.9 Å². The first-order chi connectivity index (χ1) is 12.9. The molecule has 4 unspecified atom stereocenters. The summed E-state index contributed by atoms with van der Waals surface area (Å²) in [7, 11) is -2.22. The summed E-state index contributed by atoms with van der Waals surface area (Å²) in [6.07, 6.45) is 3.39. The van der Waals surface area contributed by atoms with Crippen molar-refractivity contribution in [3.05, 3.63) is 0 Å². The average molecular weight is 425 g/mol. The first-order valence-corrected chi connectivity index (χ1v) is 14.2. The fourth-order valence-electron chi connectivity index (χ4n) is 5.68. The van der Waals surface area contributed by atoms with E-state index in [1.54, 1.807) is 13.8 Å². The second kappa shape index (κ2) is 7.56. The molecule has 29 heavy (non-hydrogen) atoms. The van der Waals surface area contributed by atoms with Gasteiger partial charge in [-0.15, -0.1) is 0 Å². The predicted molar refractivity (Wildman–Crippen MR) is 120 cm³/mol. The van der Waals surface area contributed by atoms with E-state index in [-0.39, 0.29) is 27.9 Å². The fourth-order valence-corrected chi connectivity index (χ4v) is 7.02. The first-order valence-electron chi connectivity index (χ1n) is 11.3. The number of rotatable bonds is 5. The number of Topliss-reactive ketones (excluding diaryl/α,β-unsaturated/α-hetero) is 2. The van der Waals surface area contributed by atoms with Crippen molar-refractivity contribution in [2.24, 2.45) is 22.7 Å². The van der Waals surface area contributed by atoms with Crippen LogP contribution in [0, 0.1) is 22.7 Å². The summed E-state index contributed by atoms with van der Waals surface area (Å²) < 4.78 is 6.88. The summed E-state index contributed by atoms with van der Waals surface area (Å²) in [4.78, 5) is 25.3. The molecule has 168 valence electrons. The lowest BCUT2D eigenvalue weighted by molar-refractivity contribution is -0.228. The highest BCUT2D eigenvalue weighted by molar-refractivity contribution is 6.74. The van der Waals surface area contributed by atoms with Crippen LogP contribution < -0.4 is 0 Å². The molecule has 0 bridgehead atoms. The molecule has 0 aliphatic heterocycles. The van der Waals surface area contributed by atoms with Gasteiger partial charge in [0.05, 0.1) is 6.10 Å². The number of hydrogen-bond acceptors (Lipinski definition) is 4. The molecule has 0 amide bonds. The van der Waals surface area contributed by atoms with Gasteiger partial charge < -0.3 is 9.53 Å². The van der Waals surface area contributed by atoms with Crippen LogP contribution in [-0.4, -0.2) is 36.7 Å². The van der Waals surface area contributed by atoms with Crippen molar-refractivity contribution < 1.29 is 19.1 Å². The Morgan fingerprint density at radius 3 is 1.93 bits per heavy atom. The van der Waals surface area contributed by atoms with E-state index in [0.717, 1.165) is 19.3 Å². The topological polar surface area (TPSA) is 63.6 Å². The van der Waals surface area contributed by atoms with Gasteiger partial charge in [-0.25, -0.2) is 0 Å². The number of ketones is 2. The fraction of sp³-hybridized carbons (Fsp3) is 0.917. The lowest BCUT2D eigenvalue weighted by Gasteiger charge is -2.60. The van der Waals surface area contributed by atoms with Gasteiger partial charge in [0, 0.05) is 17.3 Å². The van der Waals surface area contributed by atoms with Gasteiger partial charge in [-0.2, -0.15) is 0 Å². The molecule has 2 aliphatic rings. The molecule has 0 aromatic rings. The van der Waals surface area contributed by atoms with Gasteiger partial charge in [0.15, 0.2) is 8.32 Å². The van der Waals surface area contributed by atoms with Crippen molar-refractivity contribution in [2.75, 3.05) is 0 Å². The van der Waals surface area contributed by atoms with Gasteiger partial charge >= 0.3 is 0 Å². The molecule has 0 radical (unpaired) electrons. The van der Waals surface area contributed by atoms with E-state index < -0.39 is 31.4 Å². The van der Waals surface area contributed by atoms with E-state index in [2.05, 4.69) is 54.6 Å². The predicted octanol–water partition coefficient (Wildman–Crippen LogP) is 5.53. The Hall–Kier alpha value is -0.523. The van der Waals surface area contributed by atoms with Gasteiger partial charge in [-0.05, 0) is 63.1 Å². The minimum absolute atomic E-state index is 0.0190. The maximum atomic E-state index is 12.9. The van der Waals surface area contributed by atoms with Crippen LogP contribution in [0.4, 0.5) is 0 Å². The molecule has 0 heterocycles. The number of aliphatic hydroxyl groups is 1. The zero-order valence-electron chi connectivity index (χ0n) is 20.4. The lowest BCUT2D eigenvalue weighted by atomic mass is 9.50. The maximum Gasteiger partial charge on any atom is 0.192 e. The van der Waals surface area contributed by atoms with Crippen molar-refractivity contribution in [2.45, 2.75) is 117 Å². The van der Waals surface area contributed by atoms with Crippen LogP contribution >= 0.6 is 0 Å². The second-order valence-electron chi connectivity index (χ2n) is 12.2. The summed E-state index contributed by atoms with van der Waals surface area (Å²) in [5, 5.41) is 12.5. The van der Waals surface area contributed by atoms with Gasteiger partial charge in [0.2, 0.25) is 0 Å². The Kier molecular flexibility index (Phi) is 6.45. The second-order valence-corrected chi connectivity index (χ2v) is 17.0. The molecule has 5 heteroatoms. The van der Waals surface area contributed by atoms with Crippen LogP contribution in [0.2, 0.25) is 18.1 Å². The summed E-state index contributed by atoms with van der Waals surface area (Å²) in [6.45, 7) is 20.7. The lowest BCUT2D eigenvalue weighted by Crippen LogP contribution is -2.69. The molecule has 0 aromatic heterocycles. The monoisotopic (exact) mass is 424 g/mol. The van der Waals surface area contributed by atoms with Gasteiger partial charge in [0.25, 0.3) is 0 Å². The number of carbonyl (C=O) groups excluding carboxylic acids is 2. The van der Waals surface area contributed by atoms with E-state index in [1.807, 2.05) is 0 Å². The third-order valence-corrected chi connectivity index (χ3v) is 13.7. The summed E-state index contributed by atoms with van der Waals surface area (Å²) >= 11 is 0. The Morgan fingerprint density at radius 1 is 1.00 bits per heavy atom. The van der Waals surface area contributed by atoms with Gasteiger partial charge in [0.1, 0.15) is 17.2 Å². The summed E-state index contributed by atoms with van der Waals surface area (Å²) in [5.41, 5.74) is -1.81. The zero-order chi connectivity index (χ0) is 22.6. The molecule has 0 spiro atoms. The number of hydrogen-bond donors (Lipinski definition) is 1. The van der Waals surface area contributed by atoms with Crippen LogP contribution in [0.15, 0.2) is 0 Å². The Balaban J connectivity index is 2.65. The molecule has 2 saturated carbocycles. The molecule has 1 N–H and O–H groups in total. The minimum Gasteiger partial charge on any atom is -0.411 e. The van der Waals surface area contributed by atoms with Crippen LogP contribution in [0.1, 0.15) is 87.5 Å². The molecule has 0 saturated heterocycles. The molecule has 2 rings (SSSR count). The minimum atomic E-state index is -2.22. The van der Waals surface area contributed by atoms with Gasteiger partial charge in [-0.3, -0.25) is 9.59 Å². The Bertz CT molecular complexity index is 662. The third kappa shape index (κ3) is 3.92. The maximum absolute atomic E-state index is 12.9. The van der Waals surface area contributed by atoms with Crippen LogP contribution in [-0.2, 0) is 14.0 Å². The Labute approximate surface area is 179 Å². The van der Waals surface area contributed by atoms with Crippen LogP contribution in [0.5, 0.6) is 0 Å².